The van der Waals surface area contributed by atoms with Crippen LogP contribution in [0.15, 0.2) is 40.9 Å². The Morgan fingerprint density at radius 3 is 2.58 bits per heavy atom. The summed E-state index contributed by atoms with van der Waals surface area (Å²) in [4.78, 5) is 10.8. The van der Waals surface area contributed by atoms with Crippen molar-refractivity contribution in [2.45, 2.75) is 0 Å². The van der Waals surface area contributed by atoms with E-state index in [0.29, 0.717) is 11.5 Å². The first kappa shape index (κ1) is 13.8. The molecule has 0 bridgehead atoms. The van der Waals surface area contributed by atoms with Gasteiger partial charge >= 0.3 is 5.97 Å². The van der Waals surface area contributed by atoms with Crippen LogP contribution in [-0.4, -0.2) is 11.1 Å². The highest BCUT2D eigenvalue weighted by Gasteiger charge is 2.09. The van der Waals surface area contributed by atoms with Gasteiger partial charge in [-0.1, -0.05) is 11.6 Å². The van der Waals surface area contributed by atoms with Crippen molar-refractivity contribution in [3.63, 3.8) is 0 Å². The van der Waals surface area contributed by atoms with Crippen LogP contribution in [0.4, 0.5) is 4.39 Å². The maximum Gasteiger partial charge on any atom is 0.335 e. The van der Waals surface area contributed by atoms with Crippen LogP contribution in [0.5, 0.6) is 11.5 Å². The SMILES string of the molecule is O=C(O)c1ccc(Oc2ccc(F)c(Br)c2)c(Cl)c1. The van der Waals surface area contributed by atoms with Gasteiger partial charge in [0.05, 0.1) is 15.1 Å². The smallest absolute Gasteiger partial charge is 0.335 e. The molecule has 0 heterocycles. The van der Waals surface area contributed by atoms with Crippen molar-refractivity contribution < 1.29 is 19.0 Å². The summed E-state index contributed by atoms with van der Waals surface area (Å²) in [7, 11) is 0. The van der Waals surface area contributed by atoms with Crippen LogP contribution in [-0.2, 0) is 0 Å². The summed E-state index contributed by atoms with van der Waals surface area (Å²) in [5.41, 5.74) is 0.0673. The quantitative estimate of drug-likeness (QED) is 0.874. The normalized spacial score (nSPS) is 10.3. The van der Waals surface area contributed by atoms with Gasteiger partial charge in [-0.2, -0.15) is 0 Å². The summed E-state index contributed by atoms with van der Waals surface area (Å²) >= 11 is 8.96. The molecule has 1 N–H and O–H groups in total. The molecule has 2 rings (SSSR count). The molecule has 0 spiro atoms. The maximum absolute atomic E-state index is 13.1. The minimum Gasteiger partial charge on any atom is -0.478 e. The van der Waals surface area contributed by atoms with Crippen LogP contribution >= 0.6 is 27.5 Å². The van der Waals surface area contributed by atoms with Gasteiger partial charge in [-0.25, -0.2) is 9.18 Å². The van der Waals surface area contributed by atoms with Crippen molar-refractivity contribution >= 4 is 33.5 Å². The molecule has 0 amide bonds. The molecule has 3 nitrogen and oxygen atoms in total. The third-order valence-electron chi connectivity index (χ3n) is 2.30. The number of benzene rings is 2. The van der Waals surface area contributed by atoms with E-state index in [1.54, 1.807) is 0 Å². The van der Waals surface area contributed by atoms with Gasteiger partial charge in [0.1, 0.15) is 17.3 Å². The Hall–Kier alpha value is -1.59. The largest absolute Gasteiger partial charge is 0.478 e. The lowest BCUT2D eigenvalue weighted by molar-refractivity contribution is 0.0697. The summed E-state index contributed by atoms with van der Waals surface area (Å²) < 4.78 is 18.8. The number of rotatable bonds is 3. The summed E-state index contributed by atoms with van der Waals surface area (Å²) in [5, 5.41) is 8.98. The second kappa shape index (κ2) is 5.59. The molecule has 19 heavy (non-hydrogen) atoms. The van der Waals surface area contributed by atoms with E-state index in [9.17, 15) is 9.18 Å². The molecular formula is C13H7BrClFO3. The summed E-state index contributed by atoms with van der Waals surface area (Å²) in [5.74, 6) is -0.791. The molecule has 0 fully saturated rings. The zero-order valence-electron chi connectivity index (χ0n) is 9.36. The van der Waals surface area contributed by atoms with Gasteiger partial charge in [0, 0.05) is 0 Å². The molecule has 98 valence electrons. The third-order valence-corrected chi connectivity index (χ3v) is 3.20. The Kier molecular flexibility index (Phi) is 4.07. The highest BCUT2D eigenvalue weighted by Crippen LogP contribution is 2.31. The van der Waals surface area contributed by atoms with Crippen LogP contribution in [0.3, 0.4) is 0 Å². The van der Waals surface area contributed by atoms with Gasteiger partial charge in [-0.15, -0.1) is 0 Å². The Bertz CT molecular complexity index is 646. The fourth-order valence-electron chi connectivity index (χ4n) is 1.38. The van der Waals surface area contributed by atoms with Gasteiger partial charge in [0.25, 0.3) is 0 Å². The number of carboxylic acid groups (broad SMARTS) is 1. The summed E-state index contributed by atoms with van der Waals surface area (Å²) in [6, 6.07) is 8.26. The molecular weight excluding hydrogens is 338 g/mol. The summed E-state index contributed by atoms with van der Waals surface area (Å²) in [6.07, 6.45) is 0. The zero-order valence-corrected chi connectivity index (χ0v) is 11.7. The Balaban J connectivity index is 2.28. The van der Waals surface area contributed by atoms with Crippen LogP contribution in [0.1, 0.15) is 10.4 Å². The zero-order chi connectivity index (χ0) is 14.0. The first-order chi connectivity index (χ1) is 8.97. The number of halogens is 3. The van der Waals surface area contributed by atoms with Crippen molar-refractivity contribution in [2.24, 2.45) is 0 Å². The van der Waals surface area contributed by atoms with Crippen LogP contribution in [0.25, 0.3) is 0 Å². The van der Waals surface area contributed by atoms with Gasteiger partial charge in [0.15, 0.2) is 0 Å². The van der Waals surface area contributed by atoms with Crippen LogP contribution in [0, 0.1) is 5.82 Å². The molecule has 0 atom stereocenters. The monoisotopic (exact) mass is 344 g/mol. The number of hydrogen-bond acceptors (Lipinski definition) is 2. The van der Waals surface area contributed by atoms with Gasteiger partial charge in [-0.3, -0.25) is 0 Å². The average Bonchev–Trinajstić information content (AvgIpc) is 2.36. The first-order valence-electron chi connectivity index (χ1n) is 5.13. The lowest BCUT2D eigenvalue weighted by Crippen LogP contribution is -1.96. The molecule has 0 saturated carbocycles. The molecule has 0 aliphatic rings. The van der Waals surface area contributed by atoms with Crippen molar-refractivity contribution in [1.29, 1.82) is 0 Å². The van der Waals surface area contributed by atoms with Gasteiger partial charge < -0.3 is 9.84 Å². The van der Waals surface area contributed by atoms with E-state index in [-0.39, 0.29) is 15.1 Å². The second-order valence-electron chi connectivity index (χ2n) is 3.63. The molecule has 6 heteroatoms. The average molecular weight is 346 g/mol. The highest BCUT2D eigenvalue weighted by atomic mass is 79.9. The molecule has 0 unspecified atom stereocenters. The predicted octanol–water partition coefficient (Wildman–Crippen LogP) is 4.73. The number of hydrogen-bond donors (Lipinski definition) is 1. The fraction of sp³-hybridized carbons (Fsp3) is 0. The molecule has 2 aromatic rings. The van der Waals surface area contributed by atoms with Crippen molar-refractivity contribution in [2.75, 3.05) is 0 Å². The highest BCUT2D eigenvalue weighted by molar-refractivity contribution is 9.10. The van der Waals surface area contributed by atoms with E-state index in [1.807, 2.05) is 0 Å². The molecule has 0 saturated heterocycles. The Morgan fingerprint density at radius 1 is 1.26 bits per heavy atom. The molecule has 0 aliphatic carbocycles. The van der Waals surface area contributed by atoms with Crippen LogP contribution in [0.2, 0.25) is 5.02 Å². The summed E-state index contributed by atoms with van der Waals surface area (Å²) in [6.45, 7) is 0. The van der Waals surface area contributed by atoms with E-state index in [0.717, 1.165) is 0 Å². The van der Waals surface area contributed by atoms with Crippen molar-refractivity contribution in [3.8, 4) is 11.5 Å². The number of aromatic carboxylic acids is 1. The molecule has 0 aromatic heterocycles. The lowest BCUT2D eigenvalue weighted by Gasteiger charge is -2.08. The Labute approximate surface area is 121 Å². The van der Waals surface area contributed by atoms with E-state index in [2.05, 4.69) is 15.9 Å². The van der Waals surface area contributed by atoms with E-state index >= 15 is 0 Å². The standard InChI is InChI=1S/C13H7BrClFO3/c14-9-6-8(2-3-11(9)16)19-12-4-1-7(13(17)18)5-10(12)15/h1-6H,(H,17,18). The maximum atomic E-state index is 13.1. The third kappa shape index (κ3) is 3.24. The molecule has 0 aliphatic heterocycles. The van der Waals surface area contributed by atoms with Gasteiger partial charge in [0.2, 0.25) is 0 Å². The van der Waals surface area contributed by atoms with Crippen molar-refractivity contribution in [1.82, 2.24) is 0 Å². The Morgan fingerprint density at radius 2 is 2.00 bits per heavy atom. The minimum atomic E-state index is -1.07. The topological polar surface area (TPSA) is 46.5 Å². The van der Waals surface area contributed by atoms with E-state index < -0.39 is 11.8 Å². The number of carboxylic acids is 1. The van der Waals surface area contributed by atoms with E-state index in [4.69, 9.17) is 21.4 Å². The van der Waals surface area contributed by atoms with Gasteiger partial charge in [-0.05, 0) is 52.3 Å². The predicted molar refractivity (Wildman–Crippen MR) is 72.6 cm³/mol. The second-order valence-corrected chi connectivity index (χ2v) is 4.89. The minimum absolute atomic E-state index is 0.0673. The van der Waals surface area contributed by atoms with E-state index in [1.165, 1.54) is 36.4 Å². The molecule has 0 radical (unpaired) electrons. The van der Waals surface area contributed by atoms with Crippen LogP contribution < -0.4 is 4.74 Å². The fourth-order valence-corrected chi connectivity index (χ4v) is 1.96. The number of carbonyl (C=O) groups is 1. The molecule has 2 aromatic carbocycles. The lowest BCUT2D eigenvalue weighted by atomic mass is 10.2. The van der Waals surface area contributed by atoms with Crippen molar-refractivity contribution in [3.05, 3.63) is 57.3 Å². The number of ether oxygens (including phenoxy) is 1. The first-order valence-corrected chi connectivity index (χ1v) is 6.30.